The SMILES string of the molecule is COCCCN1C(=O)C(=O)/C(=C(/O)c2ccc3c(c2)OCCO3)C1c1cccc(Cl)c1. The molecule has 31 heavy (non-hydrogen) atoms. The van der Waals surface area contributed by atoms with Gasteiger partial charge in [-0.1, -0.05) is 23.7 Å². The minimum atomic E-state index is -0.760. The van der Waals surface area contributed by atoms with E-state index >= 15 is 0 Å². The molecule has 2 aromatic rings. The Bertz CT molecular complexity index is 1050. The van der Waals surface area contributed by atoms with Gasteiger partial charge in [-0.2, -0.15) is 0 Å². The molecule has 2 aromatic carbocycles. The number of Topliss-reactive ketones (excluding diaryl/α,β-unsaturated/α-hetero) is 1. The number of methoxy groups -OCH3 is 1. The van der Waals surface area contributed by atoms with Gasteiger partial charge >= 0.3 is 0 Å². The number of benzene rings is 2. The summed E-state index contributed by atoms with van der Waals surface area (Å²) in [6, 6.07) is 11.1. The van der Waals surface area contributed by atoms with Crippen LogP contribution in [0.4, 0.5) is 0 Å². The summed E-state index contributed by atoms with van der Waals surface area (Å²) in [5.41, 5.74) is 1.02. The van der Waals surface area contributed by atoms with E-state index in [1.54, 1.807) is 49.6 Å². The van der Waals surface area contributed by atoms with Crippen molar-refractivity contribution in [2.75, 3.05) is 33.5 Å². The molecule has 1 atom stereocenters. The lowest BCUT2D eigenvalue weighted by Crippen LogP contribution is -2.31. The van der Waals surface area contributed by atoms with Gasteiger partial charge in [-0.25, -0.2) is 0 Å². The molecule has 0 spiro atoms. The maximum atomic E-state index is 13.0. The van der Waals surface area contributed by atoms with Crippen molar-refractivity contribution in [3.05, 3.63) is 64.2 Å². The van der Waals surface area contributed by atoms with Crippen molar-refractivity contribution >= 4 is 29.1 Å². The van der Waals surface area contributed by atoms with Crippen molar-refractivity contribution in [1.29, 1.82) is 0 Å². The molecule has 0 saturated carbocycles. The van der Waals surface area contributed by atoms with Crippen molar-refractivity contribution in [3.8, 4) is 11.5 Å². The summed E-state index contributed by atoms with van der Waals surface area (Å²) in [5.74, 6) is -0.636. The number of hydrogen-bond donors (Lipinski definition) is 1. The Morgan fingerprint density at radius 3 is 2.68 bits per heavy atom. The van der Waals surface area contributed by atoms with Gasteiger partial charge in [0, 0.05) is 30.8 Å². The zero-order valence-electron chi connectivity index (χ0n) is 17.0. The molecule has 1 unspecified atom stereocenters. The number of carbonyl (C=O) groups excluding carboxylic acids is 2. The van der Waals surface area contributed by atoms with E-state index in [1.165, 1.54) is 4.90 Å². The number of carbonyl (C=O) groups is 2. The number of ether oxygens (including phenoxy) is 3. The first-order valence-corrected chi connectivity index (χ1v) is 10.3. The molecule has 162 valence electrons. The maximum absolute atomic E-state index is 13.0. The van der Waals surface area contributed by atoms with E-state index < -0.39 is 17.7 Å². The normalized spacial score (nSPS) is 19.7. The van der Waals surface area contributed by atoms with Crippen LogP contribution in [-0.2, 0) is 14.3 Å². The Labute approximate surface area is 184 Å². The van der Waals surface area contributed by atoms with Crippen molar-refractivity contribution in [1.82, 2.24) is 4.90 Å². The summed E-state index contributed by atoms with van der Waals surface area (Å²) in [6.07, 6.45) is 0.546. The number of rotatable bonds is 6. The van der Waals surface area contributed by atoms with Gasteiger partial charge in [0.05, 0.1) is 11.6 Å². The summed E-state index contributed by atoms with van der Waals surface area (Å²) in [5, 5.41) is 11.6. The fourth-order valence-corrected chi connectivity index (χ4v) is 4.06. The number of ketones is 1. The van der Waals surface area contributed by atoms with E-state index in [1.807, 2.05) is 0 Å². The van der Waals surface area contributed by atoms with Crippen LogP contribution in [0.3, 0.4) is 0 Å². The van der Waals surface area contributed by atoms with Crippen LogP contribution in [0, 0.1) is 0 Å². The number of nitrogens with zero attached hydrogens (tertiary/aromatic N) is 1. The van der Waals surface area contributed by atoms with Gasteiger partial charge in [0.2, 0.25) is 0 Å². The highest BCUT2D eigenvalue weighted by Crippen LogP contribution is 2.41. The number of likely N-dealkylation sites (tertiary alicyclic amines) is 1. The van der Waals surface area contributed by atoms with Gasteiger partial charge in [0.1, 0.15) is 19.0 Å². The zero-order valence-corrected chi connectivity index (χ0v) is 17.7. The van der Waals surface area contributed by atoms with E-state index in [0.717, 1.165) is 0 Å². The van der Waals surface area contributed by atoms with E-state index in [9.17, 15) is 14.7 Å². The van der Waals surface area contributed by atoms with E-state index in [-0.39, 0.29) is 11.3 Å². The number of halogens is 1. The molecule has 1 amide bonds. The number of aliphatic hydroxyl groups excluding tert-OH is 1. The molecular weight excluding hydrogens is 422 g/mol. The predicted octanol–water partition coefficient (Wildman–Crippen LogP) is 3.57. The molecule has 1 fully saturated rings. The lowest BCUT2D eigenvalue weighted by molar-refractivity contribution is -0.140. The van der Waals surface area contributed by atoms with E-state index in [0.29, 0.717) is 60.4 Å². The quantitative estimate of drug-likeness (QED) is 0.318. The minimum absolute atomic E-state index is 0.0151. The number of fused-ring (bicyclic) bond motifs is 1. The number of hydrogen-bond acceptors (Lipinski definition) is 6. The Balaban J connectivity index is 1.81. The Morgan fingerprint density at radius 1 is 1.16 bits per heavy atom. The maximum Gasteiger partial charge on any atom is 0.295 e. The van der Waals surface area contributed by atoms with Crippen molar-refractivity contribution in [3.63, 3.8) is 0 Å². The molecule has 8 heteroatoms. The van der Waals surface area contributed by atoms with Gasteiger partial charge in [0.15, 0.2) is 11.5 Å². The molecule has 0 radical (unpaired) electrons. The van der Waals surface area contributed by atoms with Crippen LogP contribution in [0.2, 0.25) is 5.02 Å². The lowest BCUT2D eigenvalue weighted by Gasteiger charge is -2.25. The first-order valence-electron chi connectivity index (χ1n) is 9.94. The Hall–Kier alpha value is -3.03. The molecule has 1 saturated heterocycles. The Morgan fingerprint density at radius 2 is 1.94 bits per heavy atom. The minimum Gasteiger partial charge on any atom is -0.507 e. The van der Waals surface area contributed by atoms with Crippen LogP contribution in [0.25, 0.3) is 5.76 Å². The summed E-state index contributed by atoms with van der Waals surface area (Å²) in [7, 11) is 1.57. The second-order valence-electron chi connectivity index (χ2n) is 7.25. The highest BCUT2D eigenvalue weighted by Gasteiger charge is 2.45. The smallest absolute Gasteiger partial charge is 0.295 e. The lowest BCUT2D eigenvalue weighted by atomic mass is 9.95. The summed E-state index contributed by atoms with van der Waals surface area (Å²) >= 11 is 6.18. The third kappa shape index (κ3) is 4.11. The highest BCUT2D eigenvalue weighted by atomic mass is 35.5. The van der Waals surface area contributed by atoms with Gasteiger partial charge in [0.25, 0.3) is 11.7 Å². The fraction of sp³-hybridized carbons (Fsp3) is 0.304. The second kappa shape index (κ2) is 8.99. The highest BCUT2D eigenvalue weighted by molar-refractivity contribution is 6.46. The summed E-state index contributed by atoms with van der Waals surface area (Å²) < 4.78 is 16.2. The molecular formula is C23H22ClNO6. The molecule has 2 aliphatic heterocycles. The number of amides is 1. The van der Waals surface area contributed by atoms with Crippen LogP contribution in [0.15, 0.2) is 48.0 Å². The average Bonchev–Trinajstić information content (AvgIpc) is 3.03. The van der Waals surface area contributed by atoms with Gasteiger partial charge in [-0.3, -0.25) is 9.59 Å². The van der Waals surface area contributed by atoms with Gasteiger partial charge < -0.3 is 24.2 Å². The topological polar surface area (TPSA) is 85.3 Å². The van der Waals surface area contributed by atoms with Gasteiger partial charge in [-0.15, -0.1) is 0 Å². The first-order chi connectivity index (χ1) is 15.0. The third-order valence-corrected chi connectivity index (χ3v) is 5.50. The van der Waals surface area contributed by atoms with Crippen LogP contribution in [0.1, 0.15) is 23.6 Å². The van der Waals surface area contributed by atoms with Crippen LogP contribution in [0.5, 0.6) is 11.5 Å². The molecule has 7 nitrogen and oxygen atoms in total. The standard InChI is InChI=1S/C23H22ClNO6/c1-29-9-3-8-25-20(14-4-2-5-16(24)12-14)19(22(27)23(25)28)21(26)15-6-7-17-18(13-15)31-11-10-30-17/h2,4-7,12-13,20,26H,3,8-11H2,1H3/b21-19+. The van der Waals surface area contributed by atoms with E-state index in [4.69, 9.17) is 25.8 Å². The molecule has 2 heterocycles. The molecule has 0 aliphatic carbocycles. The largest absolute Gasteiger partial charge is 0.507 e. The van der Waals surface area contributed by atoms with E-state index in [2.05, 4.69) is 0 Å². The Kier molecular flexibility index (Phi) is 6.15. The van der Waals surface area contributed by atoms with Gasteiger partial charge in [-0.05, 0) is 42.3 Å². The van der Waals surface area contributed by atoms with Crippen LogP contribution >= 0.6 is 11.6 Å². The monoisotopic (exact) mass is 443 g/mol. The molecule has 2 aliphatic rings. The van der Waals surface area contributed by atoms with Crippen molar-refractivity contribution in [2.24, 2.45) is 0 Å². The third-order valence-electron chi connectivity index (χ3n) is 5.27. The summed E-state index contributed by atoms with van der Waals surface area (Å²) in [6.45, 7) is 1.57. The zero-order chi connectivity index (χ0) is 22.0. The first kappa shape index (κ1) is 21.2. The molecule has 0 bridgehead atoms. The molecule has 4 rings (SSSR count). The predicted molar refractivity (Wildman–Crippen MR) is 114 cm³/mol. The van der Waals surface area contributed by atoms with Crippen molar-refractivity contribution < 1.29 is 28.9 Å². The average molecular weight is 444 g/mol. The van der Waals surface area contributed by atoms with Crippen LogP contribution < -0.4 is 9.47 Å². The van der Waals surface area contributed by atoms with Crippen LogP contribution in [-0.4, -0.2) is 55.2 Å². The number of aliphatic hydroxyl groups is 1. The van der Waals surface area contributed by atoms with Crippen molar-refractivity contribution in [2.45, 2.75) is 12.5 Å². The summed E-state index contributed by atoms with van der Waals surface area (Å²) in [4.78, 5) is 27.3. The molecule has 1 N–H and O–H groups in total. The second-order valence-corrected chi connectivity index (χ2v) is 7.69. The molecule has 0 aromatic heterocycles. The fourth-order valence-electron chi connectivity index (χ4n) is 3.86.